The Morgan fingerprint density at radius 1 is 1.45 bits per heavy atom. The van der Waals surface area contributed by atoms with Crippen molar-refractivity contribution < 1.29 is 19.6 Å². The van der Waals surface area contributed by atoms with E-state index in [1.54, 1.807) is 4.90 Å². The molecule has 1 atom stereocenters. The molecular weight excluding hydrogens is 264 g/mol. The Labute approximate surface area is 115 Å². The molecule has 0 unspecified atom stereocenters. The molecule has 7 nitrogen and oxygen atoms in total. The third kappa shape index (κ3) is 2.47. The lowest BCUT2D eigenvalue weighted by Gasteiger charge is -2.23. The van der Waals surface area contributed by atoms with Crippen LogP contribution < -0.4 is 4.90 Å². The highest BCUT2D eigenvalue weighted by Gasteiger charge is 2.31. The van der Waals surface area contributed by atoms with Gasteiger partial charge in [-0.05, 0) is 31.9 Å². The van der Waals surface area contributed by atoms with E-state index in [0.29, 0.717) is 18.7 Å². The molecule has 0 bridgehead atoms. The van der Waals surface area contributed by atoms with Gasteiger partial charge < -0.3 is 10.0 Å². The Bertz CT molecular complexity index is 584. The fraction of sp³-hybridized carbons (Fsp3) is 0.385. The van der Waals surface area contributed by atoms with Crippen LogP contribution in [0, 0.1) is 10.1 Å². The molecule has 1 aliphatic heterocycles. The fourth-order valence-corrected chi connectivity index (χ4v) is 2.48. The van der Waals surface area contributed by atoms with Gasteiger partial charge in [-0.25, -0.2) is 4.79 Å². The summed E-state index contributed by atoms with van der Waals surface area (Å²) in [6.45, 7) is 1.82. The van der Waals surface area contributed by atoms with Crippen molar-refractivity contribution >= 4 is 23.1 Å². The molecule has 0 saturated carbocycles. The zero-order valence-corrected chi connectivity index (χ0v) is 10.9. The van der Waals surface area contributed by atoms with Crippen LogP contribution in [0.5, 0.6) is 0 Å². The van der Waals surface area contributed by atoms with E-state index in [-0.39, 0.29) is 11.3 Å². The maximum absolute atomic E-state index is 11.5. The highest BCUT2D eigenvalue weighted by molar-refractivity contribution is 5.99. The van der Waals surface area contributed by atoms with Crippen molar-refractivity contribution in [2.75, 3.05) is 11.4 Å². The van der Waals surface area contributed by atoms with Crippen molar-refractivity contribution in [3.63, 3.8) is 0 Å². The van der Waals surface area contributed by atoms with E-state index >= 15 is 0 Å². The number of carbonyl (C=O) groups excluding carboxylic acids is 1. The topological polar surface area (TPSA) is 101 Å². The van der Waals surface area contributed by atoms with Crippen LogP contribution in [0.2, 0.25) is 0 Å². The number of carbonyl (C=O) groups is 2. The number of nitro benzene ring substituents is 1. The summed E-state index contributed by atoms with van der Waals surface area (Å²) >= 11 is 0. The monoisotopic (exact) mass is 278 g/mol. The molecule has 2 rings (SSSR count). The Hall–Kier alpha value is -2.44. The zero-order chi connectivity index (χ0) is 14.9. The minimum absolute atomic E-state index is 0.00328. The first kappa shape index (κ1) is 14.0. The number of anilines is 1. The molecule has 0 spiro atoms. The van der Waals surface area contributed by atoms with Crippen molar-refractivity contribution in [3.05, 3.63) is 33.9 Å². The number of nitrogens with zero attached hydrogens (tertiary/aromatic N) is 2. The molecule has 1 aliphatic rings. The van der Waals surface area contributed by atoms with E-state index in [9.17, 15) is 19.7 Å². The summed E-state index contributed by atoms with van der Waals surface area (Å²) in [5.41, 5.74) is 0.279. The standard InChI is InChI=1S/C13H14N2O5/c1-8(16)10-7-9(4-5-11(10)15(19)20)14-6-2-3-12(14)13(17)18/h4-5,7,12H,2-3,6H2,1H3,(H,17,18)/t12-/m1/s1. The van der Waals surface area contributed by atoms with E-state index in [2.05, 4.69) is 0 Å². The quantitative estimate of drug-likeness (QED) is 0.512. The van der Waals surface area contributed by atoms with Crippen molar-refractivity contribution in [2.24, 2.45) is 0 Å². The Morgan fingerprint density at radius 2 is 2.15 bits per heavy atom. The molecule has 1 fully saturated rings. The highest BCUT2D eigenvalue weighted by Crippen LogP contribution is 2.30. The molecule has 20 heavy (non-hydrogen) atoms. The summed E-state index contributed by atoms with van der Waals surface area (Å²) in [7, 11) is 0. The molecule has 106 valence electrons. The number of carboxylic acids is 1. The van der Waals surface area contributed by atoms with Gasteiger partial charge in [-0.3, -0.25) is 14.9 Å². The number of hydrogen-bond donors (Lipinski definition) is 1. The lowest BCUT2D eigenvalue weighted by atomic mass is 10.1. The minimum Gasteiger partial charge on any atom is -0.480 e. The van der Waals surface area contributed by atoms with Crippen molar-refractivity contribution in [1.29, 1.82) is 0 Å². The zero-order valence-electron chi connectivity index (χ0n) is 10.9. The number of hydrogen-bond acceptors (Lipinski definition) is 5. The molecular formula is C13H14N2O5. The molecule has 1 aromatic rings. The lowest BCUT2D eigenvalue weighted by molar-refractivity contribution is -0.385. The summed E-state index contributed by atoms with van der Waals surface area (Å²) in [6, 6.07) is 3.51. The van der Waals surface area contributed by atoms with Crippen LogP contribution in [0.1, 0.15) is 30.1 Å². The van der Waals surface area contributed by atoms with Gasteiger partial charge in [-0.15, -0.1) is 0 Å². The predicted molar refractivity (Wildman–Crippen MR) is 71.1 cm³/mol. The molecule has 1 heterocycles. The van der Waals surface area contributed by atoms with Crippen LogP contribution >= 0.6 is 0 Å². The second kappa shape index (κ2) is 5.28. The number of benzene rings is 1. The van der Waals surface area contributed by atoms with Crippen LogP contribution in [0.3, 0.4) is 0 Å². The van der Waals surface area contributed by atoms with Gasteiger partial charge >= 0.3 is 5.97 Å². The van der Waals surface area contributed by atoms with E-state index in [4.69, 9.17) is 5.11 Å². The summed E-state index contributed by atoms with van der Waals surface area (Å²) in [6.07, 6.45) is 1.27. The van der Waals surface area contributed by atoms with E-state index in [0.717, 1.165) is 6.42 Å². The fourth-order valence-electron chi connectivity index (χ4n) is 2.48. The van der Waals surface area contributed by atoms with Gasteiger partial charge in [0.05, 0.1) is 10.5 Å². The predicted octanol–water partition coefficient (Wildman–Crippen LogP) is 1.85. The first-order chi connectivity index (χ1) is 9.41. The van der Waals surface area contributed by atoms with Crippen LogP contribution in [0.25, 0.3) is 0 Å². The van der Waals surface area contributed by atoms with Crippen molar-refractivity contribution in [3.8, 4) is 0 Å². The summed E-state index contributed by atoms with van der Waals surface area (Å²) < 4.78 is 0. The number of rotatable bonds is 4. The number of ketones is 1. The van der Waals surface area contributed by atoms with Gasteiger partial charge in [-0.2, -0.15) is 0 Å². The van der Waals surface area contributed by atoms with Gasteiger partial charge in [0.25, 0.3) is 5.69 Å². The highest BCUT2D eigenvalue weighted by atomic mass is 16.6. The second-order valence-corrected chi connectivity index (χ2v) is 4.70. The summed E-state index contributed by atoms with van der Waals surface area (Å²) in [4.78, 5) is 34.6. The van der Waals surface area contributed by atoms with Gasteiger partial charge in [0, 0.05) is 18.3 Å². The van der Waals surface area contributed by atoms with Crippen LogP contribution in [0.4, 0.5) is 11.4 Å². The number of carboxylic acid groups (broad SMARTS) is 1. The molecule has 1 N–H and O–H groups in total. The van der Waals surface area contributed by atoms with Crippen molar-refractivity contribution in [2.45, 2.75) is 25.8 Å². The van der Waals surface area contributed by atoms with E-state index in [1.165, 1.54) is 25.1 Å². The first-order valence-corrected chi connectivity index (χ1v) is 6.20. The number of nitro groups is 1. The second-order valence-electron chi connectivity index (χ2n) is 4.70. The van der Waals surface area contributed by atoms with Gasteiger partial charge in [-0.1, -0.05) is 0 Å². The van der Waals surface area contributed by atoms with Gasteiger partial charge in [0.2, 0.25) is 0 Å². The minimum atomic E-state index is -0.926. The molecule has 0 aromatic heterocycles. The summed E-state index contributed by atoms with van der Waals surface area (Å²) in [5, 5.41) is 20.0. The average Bonchev–Trinajstić information content (AvgIpc) is 2.87. The smallest absolute Gasteiger partial charge is 0.326 e. The van der Waals surface area contributed by atoms with Crippen LogP contribution in [-0.4, -0.2) is 34.4 Å². The first-order valence-electron chi connectivity index (χ1n) is 6.20. The Kier molecular flexibility index (Phi) is 3.69. The van der Waals surface area contributed by atoms with Crippen LogP contribution in [-0.2, 0) is 4.79 Å². The SMILES string of the molecule is CC(=O)c1cc(N2CCC[C@@H]2C(=O)O)ccc1[N+](=O)[O-]. The Morgan fingerprint density at radius 3 is 2.70 bits per heavy atom. The van der Waals surface area contributed by atoms with Gasteiger partial charge in [0.1, 0.15) is 6.04 Å². The maximum atomic E-state index is 11.5. The molecule has 0 amide bonds. The maximum Gasteiger partial charge on any atom is 0.326 e. The molecule has 7 heteroatoms. The third-order valence-electron chi connectivity index (χ3n) is 3.43. The molecule has 0 radical (unpaired) electrons. The molecule has 1 aromatic carbocycles. The van der Waals surface area contributed by atoms with Crippen LogP contribution in [0.15, 0.2) is 18.2 Å². The van der Waals surface area contributed by atoms with Gasteiger partial charge in [0.15, 0.2) is 5.78 Å². The number of aliphatic carboxylic acids is 1. The van der Waals surface area contributed by atoms with E-state index < -0.39 is 22.7 Å². The number of Topliss-reactive ketones (excluding diaryl/α,β-unsaturated/α-hetero) is 1. The van der Waals surface area contributed by atoms with E-state index in [1.807, 2.05) is 0 Å². The summed E-state index contributed by atoms with van der Waals surface area (Å²) in [5.74, 6) is -1.34. The third-order valence-corrected chi connectivity index (χ3v) is 3.43. The Balaban J connectivity index is 2.43. The van der Waals surface area contributed by atoms with Crippen molar-refractivity contribution in [1.82, 2.24) is 0 Å². The molecule has 0 aliphatic carbocycles. The lowest BCUT2D eigenvalue weighted by Crippen LogP contribution is -2.35. The normalized spacial score (nSPS) is 18.1. The molecule has 1 saturated heterocycles. The largest absolute Gasteiger partial charge is 0.480 e. The average molecular weight is 278 g/mol.